The van der Waals surface area contributed by atoms with Gasteiger partial charge in [0.15, 0.2) is 5.96 Å². The smallest absolute Gasteiger partial charge is 0.220 e. The SMILES string of the molecule is C#CCNC(=NCc1cccnc1N1CCC(C(N)=O)CC1)NCC.I. The number of guanidine groups is 1. The summed E-state index contributed by atoms with van der Waals surface area (Å²) in [6, 6.07) is 3.93. The molecule has 0 atom stereocenters. The first-order valence-electron chi connectivity index (χ1n) is 8.59. The number of piperidine rings is 1. The van der Waals surface area contributed by atoms with Gasteiger partial charge in [-0.2, -0.15) is 0 Å². The lowest BCUT2D eigenvalue weighted by Gasteiger charge is -2.32. The third kappa shape index (κ3) is 6.37. The second-order valence-corrected chi connectivity index (χ2v) is 5.90. The number of nitrogens with two attached hydrogens (primary N) is 1. The van der Waals surface area contributed by atoms with Crippen LogP contribution in [0.4, 0.5) is 5.82 Å². The maximum absolute atomic E-state index is 11.3. The van der Waals surface area contributed by atoms with Crippen molar-refractivity contribution in [3.63, 3.8) is 0 Å². The van der Waals surface area contributed by atoms with Crippen molar-refractivity contribution in [2.75, 3.05) is 31.1 Å². The van der Waals surface area contributed by atoms with Gasteiger partial charge < -0.3 is 21.3 Å². The molecular weight excluding hydrogens is 443 g/mol. The number of rotatable bonds is 6. The van der Waals surface area contributed by atoms with Gasteiger partial charge in [-0.1, -0.05) is 12.0 Å². The molecule has 1 aliphatic rings. The predicted molar refractivity (Wildman–Crippen MR) is 115 cm³/mol. The van der Waals surface area contributed by atoms with E-state index in [1.165, 1.54) is 0 Å². The van der Waals surface area contributed by atoms with Crippen LogP contribution in [0, 0.1) is 18.3 Å². The number of terminal acetylenes is 1. The van der Waals surface area contributed by atoms with Crippen LogP contribution >= 0.6 is 24.0 Å². The Bertz CT molecular complexity index is 649. The molecule has 0 spiro atoms. The van der Waals surface area contributed by atoms with Crippen molar-refractivity contribution in [1.82, 2.24) is 15.6 Å². The van der Waals surface area contributed by atoms with Crippen LogP contribution < -0.4 is 21.3 Å². The zero-order valence-corrected chi connectivity index (χ0v) is 17.4. The fourth-order valence-corrected chi connectivity index (χ4v) is 2.85. The van der Waals surface area contributed by atoms with Crippen molar-refractivity contribution >= 4 is 41.7 Å². The van der Waals surface area contributed by atoms with Gasteiger partial charge in [-0.25, -0.2) is 9.98 Å². The number of nitrogens with zero attached hydrogens (tertiary/aromatic N) is 3. The molecule has 2 rings (SSSR count). The second-order valence-electron chi connectivity index (χ2n) is 5.90. The van der Waals surface area contributed by atoms with Crippen molar-refractivity contribution in [2.45, 2.75) is 26.3 Å². The molecule has 7 nitrogen and oxygen atoms in total. The molecule has 0 bridgehead atoms. The Hall–Kier alpha value is -2.02. The highest BCUT2D eigenvalue weighted by Crippen LogP contribution is 2.24. The summed E-state index contributed by atoms with van der Waals surface area (Å²) >= 11 is 0. The minimum Gasteiger partial charge on any atom is -0.369 e. The third-order valence-corrected chi connectivity index (χ3v) is 4.17. The summed E-state index contributed by atoms with van der Waals surface area (Å²) in [6.07, 6.45) is 8.60. The van der Waals surface area contributed by atoms with Crippen LogP contribution in [0.25, 0.3) is 0 Å². The molecule has 1 aromatic heterocycles. The van der Waals surface area contributed by atoms with Gasteiger partial charge in [0.25, 0.3) is 0 Å². The van der Waals surface area contributed by atoms with Crippen LogP contribution in [0.1, 0.15) is 25.3 Å². The molecule has 4 N–H and O–H groups in total. The quantitative estimate of drug-likeness (QED) is 0.251. The summed E-state index contributed by atoms with van der Waals surface area (Å²) in [6.45, 7) is 5.24. The Morgan fingerprint density at radius 2 is 2.19 bits per heavy atom. The maximum atomic E-state index is 11.3. The summed E-state index contributed by atoms with van der Waals surface area (Å²) in [5.74, 6) is 3.90. The Labute approximate surface area is 172 Å². The normalized spacial score (nSPS) is 14.9. The maximum Gasteiger partial charge on any atom is 0.220 e. The van der Waals surface area contributed by atoms with E-state index in [-0.39, 0.29) is 35.8 Å². The van der Waals surface area contributed by atoms with Crippen LogP contribution in [0.3, 0.4) is 0 Å². The molecule has 26 heavy (non-hydrogen) atoms. The van der Waals surface area contributed by atoms with Crippen molar-refractivity contribution < 1.29 is 4.79 Å². The van der Waals surface area contributed by atoms with Crippen LogP contribution in [0.5, 0.6) is 0 Å². The lowest BCUT2D eigenvalue weighted by atomic mass is 9.96. The Kier molecular flexibility index (Phi) is 9.80. The molecule has 1 aliphatic heterocycles. The topological polar surface area (TPSA) is 95.6 Å². The van der Waals surface area contributed by atoms with Gasteiger partial charge in [-0.05, 0) is 25.8 Å². The molecule has 0 unspecified atom stereocenters. The number of primary amides is 1. The van der Waals surface area contributed by atoms with E-state index in [2.05, 4.69) is 31.4 Å². The zero-order valence-electron chi connectivity index (χ0n) is 15.1. The number of hydrogen-bond donors (Lipinski definition) is 3. The minimum atomic E-state index is -0.208. The van der Waals surface area contributed by atoms with Crippen molar-refractivity contribution in [2.24, 2.45) is 16.6 Å². The Morgan fingerprint density at radius 1 is 1.46 bits per heavy atom. The number of amides is 1. The van der Waals surface area contributed by atoms with E-state index >= 15 is 0 Å². The Balaban J connectivity index is 0.00000338. The molecule has 8 heteroatoms. The van der Waals surface area contributed by atoms with E-state index < -0.39 is 0 Å². The molecule has 0 aromatic carbocycles. The molecule has 1 fully saturated rings. The number of hydrogen-bond acceptors (Lipinski definition) is 4. The van der Waals surface area contributed by atoms with E-state index in [9.17, 15) is 4.79 Å². The molecule has 1 saturated heterocycles. The number of pyridine rings is 1. The number of aliphatic imine (C=N–C) groups is 1. The second kappa shape index (κ2) is 11.6. The van der Waals surface area contributed by atoms with Gasteiger partial charge in [0.2, 0.25) is 5.91 Å². The predicted octanol–water partition coefficient (Wildman–Crippen LogP) is 1.09. The summed E-state index contributed by atoms with van der Waals surface area (Å²) in [7, 11) is 0. The number of anilines is 1. The van der Waals surface area contributed by atoms with Crippen LogP contribution in [-0.2, 0) is 11.3 Å². The van der Waals surface area contributed by atoms with Gasteiger partial charge in [0, 0.05) is 37.3 Å². The summed E-state index contributed by atoms with van der Waals surface area (Å²) in [5, 5.41) is 6.24. The summed E-state index contributed by atoms with van der Waals surface area (Å²) < 4.78 is 0. The number of nitrogens with one attached hydrogen (secondary N) is 2. The number of carbonyl (C=O) groups excluding carboxylic acids is 1. The third-order valence-electron chi connectivity index (χ3n) is 4.17. The van der Waals surface area contributed by atoms with Gasteiger partial charge in [-0.3, -0.25) is 4.79 Å². The van der Waals surface area contributed by atoms with Gasteiger partial charge in [0.1, 0.15) is 5.82 Å². The van der Waals surface area contributed by atoms with E-state index in [1.807, 2.05) is 19.1 Å². The number of halogens is 1. The minimum absolute atomic E-state index is 0. The average Bonchev–Trinajstić information content (AvgIpc) is 2.64. The average molecular weight is 470 g/mol. The van der Waals surface area contributed by atoms with Crippen molar-refractivity contribution in [3.8, 4) is 12.3 Å². The van der Waals surface area contributed by atoms with E-state index in [0.717, 1.165) is 43.9 Å². The molecule has 0 saturated carbocycles. The fraction of sp³-hybridized carbons (Fsp3) is 0.500. The highest BCUT2D eigenvalue weighted by molar-refractivity contribution is 14.0. The zero-order chi connectivity index (χ0) is 18.1. The summed E-state index contributed by atoms with van der Waals surface area (Å²) in [5.41, 5.74) is 6.45. The van der Waals surface area contributed by atoms with Gasteiger partial charge in [-0.15, -0.1) is 30.4 Å². The number of aromatic nitrogens is 1. The van der Waals surface area contributed by atoms with E-state index in [1.54, 1.807) is 6.20 Å². The van der Waals surface area contributed by atoms with Crippen LogP contribution in [0.15, 0.2) is 23.3 Å². The highest BCUT2D eigenvalue weighted by atomic mass is 127. The molecule has 1 amide bonds. The lowest BCUT2D eigenvalue weighted by Crippen LogP contribution is -2.39. The molecular formula is C18H27IN6O. The fourth-order valence-electron chi connectivity index (χ4n) is 2.85. The Morgan fingerprint density at radius 3 is 2.81 bits per heavy atom. The van der Waals surface area contributed by atoms with Crippen molar-refractivity contribution in [3.05, 3.63) is 23.9 Å². The first-order valence-corrected chi connectivity index (χ1v) is 8.59. The first kappa shape index (κ1) is 22.0. The van der Waals surface area contributed by atoms with Gasteiger partial charge >= 0.3 is 0 Å². The largest absolute Gasteiger partial charge is 0.369 e. The molecule has 142 valence electrons. The van der Waals surface area contributed by atoms with E-state index in [0.29, 0.717) is 19.0 Å². The molecule has 0 radical (unpaired) electrons. The standard InChI is InChI=1S/C18H26N6O.HI/c1-3-9-22-18(20-4-2)23-13-15-6-5-10-21-17(15)24-11-7-14(8-12-24)16(19)25;/h1,5-6,10,14H,4,7-9,11-13H2,2H3,(H2,19,25)(H2,20,22,23);1H. The lowest BCUT2D eigenvalue weighted by molar-refractivity contribution is -0.122. The number of carbonyl (C=O) groups is 1. The van der Waals surface area contributed by atoms with Crippen molar-refractivity contribution in [1.29, 1.82) is 0 Å². The van der Waals surface area contributed by atoms with Crippen LogP contribution in [-0.4, -0.2) is 43.0 Å². The monoisotopic (exact) mass is 470 g/mol. The highest BCUT2D eigenvalue weighted by Gasteiger charge is 2.24. The molecule has 1 aromatic rings. The molecule has 0 aliphatic carbocycles. The first-order chi connectivity index (χ1) is 12.2. The van der Waals surface area contributed by atoms with Gasteiger partial charge in [0.05, 0.1) is 13.1 Å². The summed E-state index contributed by atoms with van der Waals surface area (Å²) in [4.78, 5) is 22.6. The van der Waals surface area contributed by atoms with Crippen LogP contribution in [0.2, 0.25) is 0 Å². The van der Waals surface area contributed by atoms with E-state index in [4.69, 9.17) is 12.2 Å². The molecule has 2 heterocycles.